The van der Waals surface area contributed by atoms with Gasteiger partial charge >= 0.3 is 0 Å². The molecule has 96 valence electrons. The fourth-order valence-corrected chi connectivity index (χ4v) is 1.51. The Morgan fingerprint density at radius 2 is 1.81 bits per heavy atom. The van der Waals surface area contributed by atoms with Gasteiger partial charge in [-0.05, 0) is 19.7 Å². The van der Waals surface area contributed by atoms with Crippen molar-refractivity contribution in [2.75, 3.05) is 6.61 Å². The number of aliphatic hydroxyl groups is 4. The molecule has 16 heavy (non-hydrogen) atoms. The quantitative estimate of drug-likeness (QED) is 0.274. The topological polar surface area (TPSA) is 128 Å². The lowest BCUT2D eigenvalue weighted by atomic mass is 9.73. The van der Waals surface area contributed by atoms with E-state index >= 15 is 0 Å². The van der Waals surface area contributed by atoms with Crippen LogP contribution in [0.15, 0.2) is 0 Å². The van der Waals surface area contributed by atoms with Gasteiger partial charge in [-0.3, -0.25) is 0 Å². The van der Waals surface area contributed by atoms with Crippen LogP contribution < -0.4 is 5.11 Å². The Morgan fingerprint density at radius 3 is 2.12 bits per heavy atom. The molecule has 0 saturated carbocycles. The van der Waals surface area contributed by atoms with Gasteiger partial charge in [-0.1, -0.05) is 6.92 Å². The van der Waals surface area contributed by atoms with Crippen LogP contribution in [0.1, 0.15) is 27.2 Å². The number of hydrogen-bond acceptors (Lipinski definition) is 6. The molecule has 0 aliphatic heterocycles. The molecule has 0 rings (SSSR count). The normalized spacial score (nSPS) is 22.9. The van der Waals surface area contributed by atoms with Gasteiger partial charge in [-0.25, -0.2) is 0 Å². The highest BCUT2D eigenvalue weighted by Crippen LogP contribution is 2.33. The van der Waals surface area contributed by atoms with Crippen molar-refractivity contribution in [3.05, 3.63) is 0 Å². The molecule has 5 N–H and O–H groups in total. The maximum atomic E-state index is 10.7. The third-order valence-electron chi connectivity index (χ3n) is 3.25. The predicted octanol–water partition coefficient (Wildman–Crippen LogP) is -1.79. The minimum absolute atomic E-state index is 0.539. The molecule has 0 saturated heterocycles. The zero-order valence-electron chi connectivity index (χ0n) is 9.77. The zero-order valence-corrected chi connectivity index (χ0v) is 9.77. The molecular formula is C10H20NO5-. The monoisotopic (exact) mass is 234 g/mol. The molecule has 6 nitrogen and oxygen atoms in total. The van der Waals surface area contributed by atoms with Crippen molar-refractivity contribution in [1.29, 1.82) is 5.41 Å². The predicted molar refractivity (Wildman–Crippen MR) is 55.8 cm³/mol. The molecule has 0 radical (unpaired) electrons. The number of nitrogens with one attached hydrogen (secondary N) is 1. The van der Waals surface area contributed by atoms with Crippen LogP contribution in [-0.2, 0) is 0 Å². The van der Waals surface area contributed by atoms with Crippen LogP contribution in [0.25, 0.3) is 0 Å². The van der Waals surface area contributed by atoms with Gasteiger partial charge in [-0.2, -0.15) is 0 Å². The third kappa shape index (κ3) is 3.15. The average Bonchev–Trinajstić information content (AvgIpc) is 2.13. The second-order valence-electron chi connectivity index (χ2n) is 4.56. The van der Waals surface area contributed by atoms with E-state index in [2.05, 4.69) is 0 Å². The molecule has 4 unspecified atom stereocenters. The first kappa shape index (κ1) is 15.3. The molecule has 0 fully saturated rings. The summed E-state index contributed by atoms with van der Waals surface area (Å²) in [6.07, 6.45) is -1.75. The van der Waals surface area contributed by atoms with E-state index < -0.39 is 42.1 Å². The molecular weight excluding hydrogens is 214 g/mol. The first-order valence-corrected chi connectivity index (χ1v) is 5.04. The van der Waals surface area contributed by atoms with Gasteiger partial charge in [0, 0.05) is 12.3 Å². The van der Waals surface area contributed by atoms with Crippen molar-refractivity contribution < 1.29 is 25.5 Å². The van der Waals surface area contributed by atoms with Gasteiger partial charge in [-0.15, -0.1) is 0 Å². The van der Waals surface area contributed by atoms with E-state index in [1.54, 1.807) is 0 Å². The molecule has 0 bridgehead atoms. The van der Waals surface area contributed by atoms with Crippen molar-refractivity contribution in [1.82, 2.24) is 0 Å². The summed E-state index contributed by atoms with van der Waals surface area (Å²) in [6.45, 7) is 3.38. The summed E-state index contributed by atoms with van der Waals surface area (Å²) in [4.78, 5) is 0. The van der Waals surface area contributed by atoms with Crippen molar-refractivity contribution >= 4 is 5.90 Å². The summed E-state index contributed by atoms with van der Waals surface area (Å²) in [5, 5.41) is 55.7. The summed E-state index contributed by atoms with van der Waals surface area (Å²) in [5.41, 5.74) is -3.62. The molecule has 0 aliphatic carbocycles. The van der Waals surface area contributed by atoms with E-state index in [4.69, 9.17) is 10.5 Å². The molecule has 6 heteroatoms. The summed E-state index contributed by atoms with van der Waals surface area (Å²) in [6, 6.07) is 0. The van der Waals surface area contributed by atoms with Gasteiger partial charge in [0.25, 0.3) is 0 Å². The van der Waals surface area contributed by atoms with E-state index in [1.807, 2.05) is 0 Å². The summed E-state index contributed by atoms with van der Waals surface area (Å²) < 4.78 is 0. The third-order valence-corrected chi connectivity index (χ3v) is 3.25. The molecule has 0 aromatic rings. The first-order chi connectivity index (χ1) is 7.06. The summed E-state index contributed by atoms with van der Waals surface area (Å²) >= 11 is 0. The highest BCUT2D eigenvalue weighted by Gasteiger charge is 2.47. The van der Waals surface area contributed by atoms with Gasteiger partial charge < -0.3 is 30.9 Å². The van der Waals surface area contributed by atoms with Crippen molar-refractivity contribution in [3.63, 3.8) is 0 Å². The van der Waals surface area contributed by atoms with Crippen LogP contribution in [-0.4, -0.2) is 50.2 Å². The molecule has 0 heterocycles. The largest absolute Gasteiger partial charge is 0.862 e. The first-order valence-electron chi connectivity index (χ1n) is 5.04. The second kappa shape index (κ2) is 5.09. The molecule has 0 amide bonds. The average molecular weight is 234 g/mol. The van der Waals surface area contributed by atoms with E-state index in [0.717, 1.165) is 0 Å². The van der Waals surface area contributed by atoms with E-state index in [1.165, 1.54) is 20.8 Å². The van der Waals surface area contributed by atoms with Crippen LogP contribution in [0.5, 0.6) is 0 Å². The molecule has 4 atom stereocenters. The molecule has 0 aliphatic rings. The lowest BCUT2D eigenvalue weighted by molar-refractivity contribution is -0.235. The minimum atomic E-state index is -1.83. The molecule has 0 aromatic heterocycles. The van der Waals surface area contributed by atoms with Crippen LogP contribution in [0.3, 0.4) is 0 Å². The number of hydrogen-bond donors (Lipinski definition) is 5. The number of rotatable bonds is 6. The smallest absolute Gasteiger partial charge is 0.0956 e. The van der Waals surface area contributed by atoms with Gasteiger partial charge in [0.15, 0.2) is 0 Å². The lowest BCUT2D eigenvalue weighted by Gasteiger charge is -2.44. The Kier molecular flexibility index (Phi) is 4.87. The van der Waals surface area contributed by atoms with Crippen LogP contribution in [0, 0.1) is 11.3 Å². The minimum Gasteiger partial charge on any atom is -0.862 e. The van der Waals surface area contributed by atoms with Gasteiger partial charge in [0.05, 0.1) is 23.9 Å². The highest BCUT2D eigenvalue weighted by atomic mass is 16.4. The summed E-state index contributed by atoms with van der Waals surface area (Å²) in [7, 11) is 0. The van der Waals surface area contributed by atoms with Crippen LogP contribution in [0.4, 0.5) is 0 Å². The van der Waals surface area contributed by atoms with E-state index in [-0.39, 0.29) is 0 Å². The maximum absolute atomic E-state index is 10.7. The lowest BCUT2D eigenvalue weighted by Crippen LogP contribution is -2.58. The fraction of sp³-hybridized carbons (Fsp3) is 0.900. The number of aliphatic hydroxyl groups excluding tert-OH is 2. The van der Waals surface area contributed by atoms with Crippen LogP contribution >= 0.6 is 0 Å². The van der Waals surface area contributed by atoms with Crippen molar-refractivity contribution in [2.24, 2.45) is 5.92 Å². The van der Waals surface area contributed by atoms with Crippen LogP contribution in [0.2, 0.25) is 0 Å². The Hall–Kier alpha value is -0.690. The summed E-state index contributed by atoms with van der Waals surface area (Å²) in [5.74, 6) is -1.84. The van der Waals surface area contributed by atoms with E-state index in [9.17, 15) is 20.4 Å². The van der Waals surface area contributed by atoms with Crippen molar-refractivity contribution in [2.45, 2.75) is 44.5 Å². The second-order valence-corrected chi connectivity index (χ2v) is 4.56. The standard InChI is InChI=1S/C10H21NO5/c1-6(7(13)5-12)10(3,16)9(2,15)4-8(11)14/h6-7,12-13,15-16H,4-5H2,1-3H3,(H2,11,14)/p-1. The van der Waals surface area contributed by atoms with E-state index in [0.29, 0.717) is 0 Å². The molecule has 0 spiro atoms. The Balaban J connectivity index is 4.94. The highest BCUT2D eigenvalue weighted by molar-refractivity contribution is 5.69. The SMILES string of the molecule is CC(C(O)CO)C(C)(O)C(C)(O)CC(=N)[O-]. The van der Waals surface area contributed by atoms with Gasteiger partial charge in [0.2, 0.25) is 0 Å². The Morgan fingerprint density at radius 1 is 1.38 bits per heavy atom. The fourth-order valence-electron chi connectivity index (χ4n) is 1.51. The van der Waals surface area contributed by atoms with Gasteiger partial charge in [0.1, 0.15) is 0 Å². The molecule has 0 aromatic carbocycles. The Labute approximate surface area is 94.7 Å². The zero-order chi connectivity index (χ0) is 13.1. The Bertz CT molecular complexity index is 252. The van der Waals surface area contributed by atoms with Crippen molar-refractivity contribution in [3.8, 4) is 0 Å². The maximum Gasteiger partial charge on any atom is 0.0956 e.